The largest absolute Gasteiger partial charge is 0.494 e. The molecular formula is C46H38N6O. The molecule has 7 aromatic rings. The van der Waals surface area contributed by atoms with Gasteiger partial charge in [0.05, 0.1) is 35.6 Å². The van der Waals surface area contributed by atoms with Gasteiger partial charge in [0.15, 0.2) is 0 Å². The third-order valence-electron chi connectivity index (χ3n) is 9.95. The van der Waals surface area contributed by atoms with Crippen LogP contribution in [-0.4, -0.2) is 36.7 Å². The van der Waals surface area contributed by atoms with Crippen LogP contribution >= 0.6 is 0 Å². The van der Waals surface area contributed by atoms with Gasteiger partial charge in [-0.05, 0) is 98.2 Å². The number of nitrogens with one attached hydrogen (secondary N) is 3. The smallest absolute Gasteiger partial charge is 0.119 e. The van der Waals surface area contributed by atoms with Gasteiger partial charge in [0.1, 0.15) is 5.75 Å². The van der Waals surface area contributed by atoms with Crippen molar-refractivity contribution in [1.29, 1.82) is 0 Å². The third-order valence-corrected chi connectivity index (χ3v) is 9.95. The minimum atomic E-state index is 0.631. The Hall–Kier alpha value is -6.73. The molecule has 2 aliphatic heterocycles. The van der Waals surface area contributed by atoms with Gasteiger partial charge in [-0.1, -0.05) is 71.8 Å². The van der Waals surface area contributed by atoms with E-state index in [1.54, 1.807) is 0 Å². The summed E-state index contributed by atoms with van der Waals surface area (Å²) >= 11 is 0. The van der Waals surface area contributed by atoms with Crippen molar-refractivity contribution in [2.75, 3.05) is 6.61 Å². The zero-order valence-corrected chi connectivity index (χ0v) is 29.9. The first-order chi connectivity index (χ1) is 26.0. The molecule has 0 atom stereocenters. The van der Waals surface area contributed by atoms with Gasteiger partial charge in [0.25, 0.3) is 0 Å². The van der Waals surface area contributed by atoms with Gasteiger partial charge in [0, 0.05) is 62.5 Å². The lowest BCUT2D eigenvalue weighted by Gasteiger charge is -2.08. The molecule has 0 amide bonds. The molecule has 7 heteroatoms. The zero-order chi connectivity index (χ0) is 35.9. The predicted molar refractivity (Wildman–Crippen MR) is 217 cm³/mol. The molecule has 7 nitrogen and oxygen atoms in total. The first-order valence-corrected chi connectivity index (χ1v) is 18.0. The van der Waals surface area contributed by atoms with Crippen LogP contribution in [0.1, 0.15) is 52.0 Å². The number of hydrogen-bond donors (Lipinski definition) is 3. The van der Waals surface area contributed by atoms with Gasteiger partial charge >= 0.3 is 0 Å². The Balaban J connectivity index is 1.40. The molecule has 3 N–H and O–H groups in total. The minimum absolute atomic E-state index is 0.631. The molecule has 0 fully saturated rings. The van der Waals surface area contributed by atoms with Crippen LogP contribution in [0, 0.1) is 13.8 Å². The summed E-state index contributed by atoms with van der Waals surface area (Å²) < 4.78 is 5.76. The average molecular weight is 691 g/mol. The monoisotopic (exact) mass is 690 g/mol. The maximum Gasteiger partial charge on any atom is 0.119 e. The molecule has 0 saturated carbocycles. The SMILES string of the molecule is CCOc1ccc(Cc2c3nc(c(-c4ccc(C)cc4)c4ccc([nH]4)c(-c4cn[nH]c4)c4nc(c(-c5ccc(C)cc5)c5ccc2[nH]5)C=C4)C=C3)cc1. The Kier molecular flexibility index (Phi) is 8.16. The summed E-state index contributed by atoms with van der Waals surface area (Å²) in [6.07, 6.45) is 13.0. The fraction of sp³-hybridized carbons (Fsp3) is 0.109. The first kappa shape index (κ1) is 32.2. The summed E-state index contributed by atoms with van der Waals surface area (Å²) in [5.74, 6) is 0.866. The topological polar surface area (TPSA) is 95.3 Å². The molecule has 0 aliphatic carbocycles. The number of hydrogen-bond acceptors (Lipinski definition) is 4. The molecule has 0 saturated heterocycles. The molecule has 0 radical (unpaired) electrons. The van der Waals surface area contributed by atoms with Gasteiger partial charge < -0.3 is 14.7 Å². The number of aryl methyl sites for hydroxylation is 2. The van der Waals surface area contributed by atoms with Crippen LogP contribution in [0.3, 0.4) is 0 Å². The summed E-state index contributed by atoms with van der Waals surface area (Å²) in [5, 5.41) is 7.33. The van der Waals surface area contributed by atoms with Crippen molar-refractivity contribution in [3.63, 3.8) is 0 Å². The van der Waals surface area contributed by atoms with E-state index in [0.29, 0.717) is 13.0 Å². The summed E-state index contributed by atoms with van der Waals surface area (Å²) in [5.41, 5.74) is 18.3. The quantitative estimate of drug-likeness (QED) is 0.155. The number of fused-ring (bicyclic) bond motifs is 8. The van der Waals surface area contributed by atoms with Crippen LogP contribution in [0.2, 0.25) is 0 Å². The molecule has 3 aromatic carbocycles. The summed E-state index contributed by atoms with van der Waals surface area (Å²) in [7, 11) is 0. The molecule has 4 aromatic heterocycles. The van der Waals surface area contributed by atoms with Crippen molar-refractivity contribution >= 4 is 46.4 Å². The number of nitrogens with zero attached hydrogens (tertiary/aromatic N) is 3. The van der Waals surface area contributed by atoms with E-state index < -0.39 is 0 Å². The zero-order valence-electron chi connectivity index (χ0n) is 29.9. The normalized spacial score (nSPS) is 12.1. The standard InChI is InChI=1S/C46H38N6O/c1-4-53-34-15-9-30(10-16-34)25-35-36-17-19-38(49-36)44(31-11-5-28(2)6-12-31)40-21-23-42(51-40)46(33-26-47-48-27-33)43-24-22-41(52-43)45(39-20-18-37(35)50-39)32-13-7-29(3)8-14-32/h5-24,26-27,49,52H,4,25H2,1-3H3,(H,47,48). The van der Waals surface area contributed by atoms with Crippen molar-refractivity contribution in [3.8, 4) is 39.1 Å². The van der Waals surface area contributed by atoms with Crippen molar-refractivity contribution in [2.24, 2.45) is 0 Å². The van der Waals surface area contributed by atoms with E-state index in [2.05, 4.69) is 143 Å². The fourth-order valence-corrected chi connectivity index (χ4v) is 7.26. The van der Waals surface area contributed by atoms with E-state index in [0.717, 1.165) is 89.5 Å². The van der Waals surface area contributed by atoms with Crippen LogP contribution in [0.5, 0.6) is 5.75 Å². The lowest BCUT2D eigenvalue weighted by Crippen LogP contribution is -1.95. The molecule has 258 valence electrons. The van der Waals surface area contributed by atoms with E-state index in [1.807, 2.05) is 31.5 Å². The van der Waals surface area contributed by atoms with E-state index in [1.165, 1.54) is 16.7 Å². The average Bonchev–Trinajstić information content (AvgIpc) is 4.02. The molecule has 9 rings (SSSR count). The highest BCUT2D eigenvalue weighted by Gasteiger charge is 2.19. The maximum atomic E-state index is 5.76. The highest BCUT2D eigenvalue weighted by Crippen LogP contribution is 2.37. The highest BCUT2D eigenvalue weighted by molar-refractivity contribution is 5.97. The van der Waals surface area contributed by atoms with E-state index >= 15 is 0 Å². The number of aromatic nitrogens is 6. The Labute approximate surface area is 307 Å². The maximum absolute atomic E-state index is 5.76. The Morgan fingerprint density at radius 1 is 0.528 bits per heavy atom. The second-order valence-electron chi connectivity index (χ2n) is 13.6. The molecule has 6 heterocycles. The number of ether oxygens (including phenoxy) is 1. The molecule has 0 spiro atoms. The third kappa shape index (κ3) is 6.16. The van der Waals surface area contributed by atoms with E-state index in [4.69, 9.17) is 14.7 Å². The summed E-state index contributed by atoms with van der Waals surface area (Å²) in [6, 6.07) is 34.3. The van der Waals surface area contributed by atoms with Crippen molar-refractivity contribution in [3.05, 3.63) is 154 Å². The fourth-order valence-electron chi connectivity index (χ4n) is 7.26. The van der Waals surface area contributed by atoms with E-state index in [9.17, 15) is 0 Å². The number of rotatable bonds is 7. The Morgan fingerprint density at radius 2 is 1.02 bits per heavy atom. The van der Waals surface area contributed by atoms with Crippen LogP contribution < -0.4 is 4.74 Å². The Bertz CT molecular complexity index is 2650. The van der Waals surface area contributed by atoms with Gasteiger partial charge in [-0.15, -0.1) is 0 Å². The second-order valence-corrected chi connectivity index (χ2v) is 13.6. The predicted octanol–water partition coefficient (Wildman–Crippen LogP) is 11.0. The van der Waals surface area contributed by atoms with Gasteiger partial charge in [0.2, 0.25) is 0 Å². The number of aromatic amines is 3. The van der Waals surface area contributed by atoms with Gasteiger partial charge in [-0.3, -0.25) is 5.10 Å². The molecule has 8 bridgehead atoms. The van der Waals surface area contributed by atoms with Gasteiger partial charge in [-0.2, -0.15) is 5.10 Å². The Morgan fingerprint density at radius 3 is 1.55 bits per heavy atom. The summed E-state index contributed by atoms with van der Waals surface area (Å²) in [6.45, 7) is 6.86. The van der Waals surface area contributed by atoms with Crippen LogP contribution in [0.25, 0.3) is 79.8 Å². The van der Waals surface area contributed by atoms with Crippen molar-refractivity contribution in [2.45, 2.75) is 27.2 Å². The molecule has 2 aliphatic rings. The van der Waals surface area contributed by atoms with Gasteiger partial charge in [-0.25, -0.2) is 9.97 Å². The second kappa shape index (κ2) is 13.4. The van der Waals surface area contributed by atoms with Crippen molar-refractivity contribution in [1.82, 2.24) is 30.1 Å². The molecule has 0 unspecified atom stereocenters. The lowest BCUT2D eigenvalue weighted by molar-refractivity contribution is 0.340. The van der Waals surface area contributed by atoms with Crippen molar-refractivity contribution < 1.29 is 4.74 Å². The van der Waals surface area contributed by atoms with Crippen LogP contribution in [0.4, 0.5) is 0 Å². The van der Waals surface area contributed by atoms with Crippen LogP contribution in [-0.2, 0) is 6.42 Å². The summed E-state index contributed by atoms with van der Waals surface area (Å²) in [4.78, 5) is 18.4. The van der Waals surface area contributed by atoms with Crippen LogP contribution in [0.15, 0.2) is 109 Å². The lowest BCUT2D eigenvalue weighted by atomic mass is 10.0. The first-order valence-electron chi connectivity index (χ1n) is 18.0. The molecular weight excluding hydrogens is 653 g/mol. The molecule has 53 heavy (non-hydrogen) atoms. The number of benzene rings is 3. The minimum Gasteiger partial charge on any atom is -0.494 e. The number of H-pyrrole nitrogens is 3. The highest BCUT2D eigenvalue weighted by atomic mass is 16.5. The van der Waals surface area contributed by atoms with E-state index in [-0.39, 0.29) is 0 Å².